The molecule has 1 saturated heterocycles. The van der Waals surface area contributed by atoms with Gasteiger partial charge in [0, 0.05) is 23.1 Å². The molecule has 3 nitrogen and oxygen atoms in total. The van der Waals surface area contributed by atoms with Crippen LogP contribution < -0.4 is 10.1 Å². The van der Waals surface area contributed by atoms with Crippen LogP contribution in [0, 0.1) is 0 Å². The van der Waals surface area contributed by atoms with Gasteiger partial charge in [-0.1, -0.05) is 29.8 Å². The molecule has 1 aromatic rings. The zero-order valence-corrected chi connectivity index (χ0v) is 15.0. The fourth-order valence-corrected chi connectivity index (χ4v) is 3.49. The zero-order valence-electron chi connectivity index (χ0n) is 13.4. The van der Waals surface area contributed by atoms with E-state index in [4.69, 9.17) is 4.74 Å². The van der Waals surface area contributed by atoms with Crippen molar-refractivity contribution in [3.63, 3.8) is 0 Å². The zero-order chi connectivity index (χ0) is 15.3. The molecule has 0 aliphatic carbocycles. The Bertz CT molecular complexity index is 460. The molecule has 1 heterocycles. The van der Waals surface area contributed by atoms with Crippen molar-refractivity contribution >= 4 is 15.9 Å². The highest BCUT2D eigenvalue weighted by Gasteiger charge is 2.30. The van der Waals surface area contributed by atoms with Gasteiger partial charge in [0.05, 0.1) is 7.11 Å². The van der Waals surface area contributed by atoms with Gasteiger partial charge in [0.15, 0.2) is 0 Å². The second kappa shape index (κ2) is 7.61. The van der Waals surface area contributed by atoms with Crippen molar-refractivity contribution in [1.82, 2.24) is 10.2 Å². The highest BCUT2D eigenvalue weighted by molar-refractivity contribution is 9.10. The van der Waals surface area contributed by atoms with E-state index >= 15 is 0 Å². The van der Waals surface area contributed by atoms with Crippen molar-refractivity contribution < 1.29 is 4.74 Å². The van der Waals surface area contributed by atoms with E-state index in [2.05, 4.69) is 52.1 Å². The fourth-order valence-electron chi connectivity index (χ4n) is 3.12. The molecule has 0 radical (unpaired) electrons. The summed E-state index contributed by atoms with van der Waals surface area (Å²) in [4.78, 5) is 2.58. The average molecular weight is 355 g/mol. The number of hydrogen-bond acceptors (Lipinski definition) is 3. The molecule has 2 rings (SSSR count). The summed E-state index contributed by atoms with van der Waals surface area (Å²) in [6, 6.07) is 6.22. The average Bonchev–Trinajstić information content (AvgIpc) is 2.72. The van der Waals surface area contributed by atoms with Gasteiger partial charge in [-0.2, -0.15) is 0 Å². The van der Waals surface area contributed by atoms with Gasteiger partial charge in [0.25, 0.3) is 0 Å². The predicted molar refractivity (Wildman–Crippen MR) is 91.9 cm³/mol. The number of rotatable bonds is 5. The van der Waals surface area contributed by atoms with Crippen LogP contribution in [0.25, 0.3) is 0 Å². The van der Waals surface area contributed by atoms with Crippen molar-refractivity contribution in [2.45, 2.75) is 45.2 Å². The second-order valence-electron chi connectivity index (χ2n) is 5.94. The van der Waals surface area contributed by atoms with Crippen molar-refractivity contribution in [1.29, 1.82) is 0 Å². The molecule has 4 heteroatoms. The third-order valence-electron chi connectivity index (χ3n) is 4.68. The molecule has 1 aliphatic heterocycles. The molecular weight excluding hydrogens is 328 g/mol. The van der Waals surface area contributed by atoms with E-state index in [9.17, 15) is 0 Å². The van der Waals surface area contributed by atoms with Crippen molar-refractivity contribution in [3.8, 4) is 5.75 Å². The third kappa shape index (κ3) is 4.21. The summed E-state index contributed by atoms with van der Waals surface area (Å²) in [5, 5.41) is 3.77. The van der Waals surface area contributed by atoms with E-state index in [-0.39, 0.29) is 5.54 Å². The number of halogens is 1. The molecule has 0 unspecified atom stereocenters. The Morgan fingerprint density at radius 1 is 1.33 bits per heavy atom. The first kappa shape index (κ1) is 16.8. The lowest BCUT2D eigenvalue weighted by Crippen LogP contribution is -2.50. The number of ether oxygens (including phenoxy) is 1. The summed E-state index contributed by atoms with van der Waals surface area (Å²) in [5.41, 5.74) is 1.57. The van der Waals surface area contributed by atoms with Gasteiger partial charge in [-0.25, -0.2) is 0 Å². The molecule has 0 spiro atoms. The van der Waals surface area contributed by atoms with E-state index in [0.717, 1.165) is 31.9 Å². The molecule has 21 heavy (non-hydrogen) atoms. The molecule has 1 N–H and O–H groups in total. The lowest BCUT2D eigenvalue weighted by Gasteiger charge is -2.35. The molecule has 0 saturated carbocycles. The SMILES string of the molecule is CCC1(CC)CN(Cc2cc(OC)ccc2Br)CCCN1. The minimum absolute atomic E-state index is 0.266. The maximum Gasteiger partial charge on any atom is 0.119 e. The molecule has 0 aromatic heterocycles. The van der Waals surface area contributed by atoms with Crippen LogP contribution >= 0.6 is 15.9 Å². The molecule has 1 fully saturated rings. The Morgan fingerprint density at radius 3 is 2.76 bits per heavy atom. The van der Waals surface area contributed by atoms with E-state index in [1.165, 1.54) is 29.3 Å². The van der Waals surface area contributed by atoms with Crippen molar-refractivity contribution in [2.24, 2.45) is 0 Å². The Labute approximate surface area is 137 Å². The highest BCUT2D eigenvalue weighted by atomic mass is 79.9. The molecule has 1 aromatic carbocycles. The normalized spacial score (nSPS) is 19.2. The van der Waals surface area contributed by atoms with E-state index in [1.54, 1.807) is 7.11 Å². The topological polar surface area (TPSA) is 24.5 Å². The molecule has 1 aliphatic rings. The van der Waals surface area contributed by atoms with Crippen LogP contribution in [-0.2, 0) is 6.54 Å². The first-order valence-corrected chi connectivity index (χ1v) is 8.71. The van der Waals surface area contributed by atoms with Gasteiger partial charge in [-0.05, 0) is 56.1 Å². The minimum Gasteiger partial charge on any atom is -0.497 e. The number of benzene rings is 1. The summed E-state index contributed by atoms with van der Waals surface area (Å²) in [7, 11) is 1.72. The first-order valence-electron chi connectivity index (χ1n) is 7.92. The monoisotopic (exact) mass is 354 g/mol. The first-order chi connectivity index (χ1) is 10.1. The van der Waals surface area contributed by atoms with Crippen LogP contribution in [0.1, 0.15) is 38.7 Å². The number of nitrogens with one attached hydrogen (secondary N) is 1. The summed E-state index contributed by atoms with van der Waals surface area (Å²) in [6.07, 6.45) is 3.57. The Balaban J connectivity index is 2.14. The smallest absolute Gasteiger partial charge is 0.119 e. The molecule has 0 atom stereocenters. The van der Waals surface area contributed by atoms with Gasteiger partial charge < -0.3 is 10.1 Å². The van der Waals surface area contributed by atoms with Crippen LogP contribution in [0.5, 0.6) is 5.75 Å². The quantitative estimate of drug-likeness (QED) is 0.869. The van der Waals surface area contributed by atoms with Crippen LogP contribution in [-0.4, -0.2) is 37.2 Å². The summed E-state index contributed by atoms with van der Waals surface area (Å²) < 4.78 is 6.52. The lowest BCUT2D eigenvalue weighted by atomic mass is 9.92. The second-order valence-corrected chi connectivity index (χ2v) is 6.79. The van der Waals surface area contributed by atoms with E-state index in [1.807, 2.05) is 6.07 Å². The Morgan fingerprint density at radius 2 is 2.10 bits per heavy atom. The Hall–Kier alpha value is -0.580. The standard InChI is InChI=1S/C17H27BrN2O/c1-4-17(5-2)13-20(10-6-9-19-17)12-14-11-15(21-3)7-8-16(14)18/h7-8,11,19H,4-6,9-10,12-13H2,1-3H3. The molecular formula is C17H27BrN2O. The molecule has 0 bridgehead atoms. The number of nitrogens with zero attached hydrogens (tertiary/aromatic N) is 1. The largest absolute Gasteiger partial charge is 0.497 e. The maximum atomic E-state index is 5.36. The van der Waals surface area contributed by atoms with Crippen LogP contribution in [0.4, 0.5) is 0 Å². The summed E-state index contributed by atoms with van der Waals surface area (Å²) in [6.45, 7) is 8.95. The van der Waals surface area contributed by atoms with Gasteiger partial charge in [0.2, 0.25) is 0 Å². The summed E-state index contributed by atoms with van der Waals surface area (Å²) >= 11 is 3.67. The van der Waals surface area contributed by atoms with Gasteiger partial charge in [0.1, 0.15) is 5.75 Å². The lowest BCUT2D eigenvalue weighted by molar-refractivity contribution is 0.190. The Kier molecular flexibility index (Phi) is 6.08. The van der Waals surface area contributed by atoms with E-state index < -0.39 is 0 Å². The highest BCUT2D eigenvalue weighted by Crippen LogP contribution is 2.26. The maximum absolute atomic E-state index is 5.36. The molecule has 118 valence electrons. The van der Waals surface area contributed by atoms with Gasteiger partial charge >= 0.3 is 0 Å². The summed E-state index contributed by atoms with van der Waals surface area (Å²) in [5.74, 6) is 0.929. The van der Waals surface area contributed by atoms with Crippen molar-refractivity contribution in [3.05, 3.63) is 28.2 Å². The van der Waals surface area contributed by atoms with E-state index in [0.29, 0.717) is 0 Å². The third-order valence-corrected chi connectivity index (χ3v) is 5.45. The van der Waals surface area contributed by atoms with Crippen LogP contribution in [0.15, 0.2) is 22.7 Å². The van der Waals surface area contributed by atoms with Crippen LogP contribution in [0.3, 0.4) is 0 Å². The minimum atomic E-state index is 0.266. The molecule has 0 amide bonds. The fraction of sp³-hybridized carbons (Fsp3) is 0.647. The predicted octanol–water partition coefficient (Wildman–Crippen LogP) is 3.81. The van der Waals surface area contributed by atoms with Gasteiger partial charge in [-0.15, -0.1) is 0 Å². The number of hydrogen-bond donors (Lipinski definition) is 1. The van der Waals surface area contributed by atoms with Crippen LogP contribution in [0.2, 0.25) is 0 Å². The van der Waals surface area contributed by atoms with Crippen molar-refractivity contribution in [2.75, 3.05) is 26.7 Å². The number of methoxy groups -OCH3 is 1. The van der Waals surface area contributed by atoms with Gasteiger partial charge in [-0.3, -0.25) is 4.90 Å².